The lowest BCUT2D eigenvalue weighted by atomic mass is 10.2. The Morgan fingerprint density at radius 1 is 0.520 bits per heavy atom. The van der Waals surface area contributed by atoms with Gasteiger partial charge in [0, 0.05) is 22.2 Å². The van der Waals surface area contributed by atoms with E-state index in [1.807, 2.05) is 54.6 Å². The van der Waals surface area contributed by atoms with Gasteiger partial charge in [-0.15, -0.1) is 0 Å². The number of hydrogen-bond acceptors (Lipinski definition) is 4. The van der Waals surface area contributed by atoms with E-state index in [1.54, 1.807) is 24.2 Å². The van der Waals surface area contributed by atoms with Crippen LogP contribution in [0.4, 0.5) is 0 Å². The third kappa shape index (κ3) is 3.75. The highest BCUT2D eigenvalue weighted by molar-refractivity contribution is 7.99. The van der Waals surface area contributed by atoms with E-state index in [-0.39, 0.29) is 0 Å². The van der Waals surface area contributed by atoms with Crippen LogP contribution in [0, 0.1) is 0 Å². The van der Waals surface area contributed by atoms with Crippen LogP contribution in [-0.2, 0) is 0 Å². The van der Waals surface area contributed by atoms with E-state index in [0.717, 1.165) is 27.7 Å². The van der Waals surface area contributed by atoms with E-state index in [2.05, 4.69) is 34.2 Å². The van der Waals surface area contributed by atoms with Crippen molar-refractivity contribution in [1.29, 1.82) is 0 Å². The van der Waals surface area contributed by atoms with Gasteiger partial charge in [0.05, 0.1) is 22.8 Å². The smallest absolute Gasteiger partial charge is 0.0905 e. The maximum Gasteiger partial charge on any atom is 0.0905 e. The van der Waals surface area contributed by atoms with Gasteiger partial charge in [0.15, 0.2) is 0 Å². The molecule has 0 unspecified atom stereocenters. The van der Waals surface area contributed by atoms with Gasteiger partial charge in [-0.1, -0.05) is 42.1 Å². The molecular weight excluding hydrogens is 326 g/mol. The normalized spacial score (nSPS) is 10.6. The van der Waals surface area contributed by atoms with Gasteiger partial charge < -0.3 is 0 Å². The zero-order valence-corrected chi connectivity index (χ0v) is 14.2. The highest BCUT2D eigenvalue weighted by Crippen LogP contribution is 2.32. The fraction of sp³-hybridized carbons (Fsp3) is 0. The van der Waals surface area contributed by atoms with Crippen molar-refractivity contribution in [3.05, 3.63) is 91.3 Å². The highest BCUT2D eigenvalue weighted by Gasteiger charge is 2.09. The Bertz CT molecular complexity index is 900. The number of hydrogen-bond donors (Lipinski definition) is 0. The van der Waals surface area contributed by atoms with E-state index < -0.39 is 0 Å². The second-order valence-corrected chi connectivity index (χ2v) is 6.57. The summed E-state index contributed by atoms with van der Waals surface area (Å²) < 4.78 is 0. The molecule has 0 saturated heterocycles. The number of aromatic nitrogens is 3. The fourth-order valence-corrected chi connectivity index (χ4v) is 3.39. The SMILES string of the molecule is c1ccc(Sc2cc(-c3ccccn3)nc(-c3ccccn3)c2)cc1. The van der Waals surface area contributed by atoms with Gasteiger partial charge in [-0.05, 0) is 48.5 Å². The summed E-state index contributed by atoms with van der Waals surface area (Å²) in [6.45, 7) is 0. The molecule has 0 radical (unpaired) electrons. The van der Waals surface area contributed by atoms with Crippen molar-refractivity contribution in [2.45, 2.75) is 9.79 Å². The van der Waals surface area contributed by atoms with Crippen LogP contribution in [0.3, 0.4) is 0 Å². The van der Waals surface area contributed by atoms with Crippen LogP contribution in [0.25, 0.3) is 22.8 Å². The largest absolute Gasteiger partial charge is 0.255 e. The highest BCUT2D eigenvalue weighted by atomic mass is 32.2. The molecular formula is C21H15N3S. The Morgan fingerprint density at radius 3 is 1.60 bits per heavy atom. The molecule has 3 heterocycles. The lowest BCUT2D eigenvalue weighted by Crippen LogP contribution is -1.93. The summed E-state index contributed by atoms with van der Waals surface area (Å²) >= 11 is 1.71. The first-order chi connectivity index (χ1) is 12.4. The van der Waals surface area contributed by atoms with E-state index in [4.69, 9.17) is 4.98 Å². The van der Waals surface area contributed by atoms with Crippen LogP contribution in [0.15, 0.2) is 101 Å². The molecule has 4 aromatic rings. The van der Waals surface area contributed by atoms with Crippen molar-refractivity contribution >= 4 is 11.8 Å². The van der Waals surface area contributed by atoms with Gasteiger partial charge in [-0.3, -0.25) is 9.97 Å². The van der Waals surface area contributed by atoms with E-state index in [1.165, 1.54) is 4.90 Å². The second kappa shape index (κ2) is 7.28. The lowest BCUT2D eigenvalue weighted by Gasteiger charge is -2.08. The predicted octanol–water partition coefficient (Wildman–Crippen LogP) is 5.36. The second-order valence-electron chi connectivity index (χ2n) is 5.42. The van der Waals surface area contributed by atoms with Gasteiger partial charge in [-0.2, -0.15) is 0 Å². The summed E-state index contributed by atoms with van der Waals surface area (Å²) in [7, 11) is 0. The predicted molar refractivity (Wildman–Crippen MR) is 101 cm³/mol. The Kier molecular flexibility index (Phi) is 4.53. The van der Waals surface area contributed by atoms with E-state index >= 15 is 0 Å². The fourth-order valence-electron chi connectivity index (χ4n) is 2.48. The molecule has 25 heavy (non-hydrogen) atoms. The zero-order valence-electron chi connectivity index (χ0n) is 13.4. The zero-order chi connectivity index (χ0) is 16.9. The van der Waals surface area contributed by atoms with Crippen LogP contribution in [0.2, 0.25) is 0 Å². The molecule has 3 nitrogen and oxygen atoms in total. The third-order valence-corrected chi connectivity index (χ3v) is 4.61. The molecule has 0 bridgehead atoms. The Morgan fingerprint density at radius 2 is 1.08 bits per heavy atom. The summed E-state index contributed by atoms with van der Waals surface area (Å²) in [5, 5.41) is 0. The maximum atomic E-state index is 4.78. The lowest BCUT2D eigenvalue weighted by molar-refractivity contribution is 1.19. The number of benzene rings is 1. The van der Waals surface area contributed by atoms with Crippen LogP contribution in [-0.4, -0.2) is 15.0 Å². The van der Waals surface area contributed by atoms with Crippen molar-refractivity contribution < 1.29 is 0 Å². The van der Waals surface area contributed by atoms with E-state index in [0.29, 0.717) is 0 Å². The van der Waals surface area contributed by atoms with Crippen LogP contribution >= 0.6 is 11.8 Å². The van der Waals surface area contributed by atoms with Crippen molar-refractivity contribution in [3.8, 4) is 22.8 Å². The molecule has 0 aliphatic rings. The number of nitrogens with zero attached hydrogens (tertiary/aromatic N) is 3. The Hall–Kier alpha value is -2.98. The molecule has 4 heteroatoms. The average molecular weight is 341 g/mol. The molecule has 0 fully saturated rings. The third-order valence-electron chi connectivity index (χ3n) is 3.63. The molecule has 0 saturated carbocycles. The standard InChI is InChI=1S/C21H15N3S/c1-2-8-16(9-3-1)25-17-14-20(18-10-4-6-12-22-18)24-21(15-17)19-11-5-7-13-23-19/h1-15H. The van der Waals surface area contributed by atoms with Crippen molar-refractivity contribution in [1.82, 2.24) is 15.0 Å². The Labute approximate surface area is 150 Å². The van der Waals surface area contributed by atoms with Crippen molar-refractivity contribution in [2.24, 2.45) is 0 Å². The molecule has 0 atom stereocenters. The molecule has 0 spiro atoms. The van der Waals surface area contributed by atoms with Crippen LogP contribution in [0.5, 0.6) is 0 Å². The topological polar surface area (TPSA) is 38.7 Å². The Balaban J connectivity index is 1.80. The van der Waals surface area contributed by atoms with Gasteiger partial charge in [0.2, 0.25) is 0 Å². The molecule has 1 aromatic carbocycles. The number of pyridine rings is 3. The molecule has 0 amide bonds. The minimum Gasteiger partial charge on any atom is -0.255 e. The van der Waals surface area contributed by atoms with Crippen LogP contribution < -0.4 is 0 Å². The van der Waals surface area contributed by atoms with Gasteiger partial charge in [0.1, 0.15) is 0 Å². The minimum absolute atomic E-state index is 0.849. The first-order valence-electron chi connectivity index (χ1n) is 7.96. The van der Waals surface area contributed by atoms with Crippen molar-refractivity contribution in [3.63, 3.8) is 0 Å². The molecule has 120 valence electrons. The summed E-state index contributed by atoms with van der Waals surface area (Å²) in [6.07, 6.45) is 3.57. The van der Waals surface area contributed by atoms with E-state index in [9.17, 15) is 0 Å². The summed E-state index contributed by atoms with van der Waals surface area (Å²) in [4.78, 5) is 16.0. The summed E-state index contributed by atoms with van der Waals surface area (Å²) in [5.41, 5.74) is 3.41. The molecule has 0 N–H and O–H groups in total. The van der Waals surface area contributed by atoms with Gasteiger partial charge >= 0.3 is 0 Å². The molecule has 0 aliphatic heterocycles. The summed E-state index contributed by atoms with van der Waals surface area (Å²) in [5.74, 6) is 0. The average Bonchev–Trinajstić information content (AvgIpc) is 2.70. The molecule has 0 aliphatic carbocycles. The minimum atomic E-state index is 0.849. The summed E-state index contributed by atoms with van der Waals surface area (Å²) in [6, 6.07) is 26.2. The monoisotopic (exact) mass is 341 g/mol. The van der Waals surface area contributed by atoms with Crippen LogP contribution in [0.1, 0.15) is 0 Å². The first kappa shape index (κ1) is 15.5. The number of rotatable bonds is 4. The molecule has 3 aromatic heterocycles. The molecule has 4 rings (SSSR count). The van der Waals surface area contributed by atoms with Gasteiger partial charge in [0.25, 0.3) is 0 Å². The first-order valence-corrected chi connectivity index (χ1v) is 8.78. The van der Waals surface area contributed by atoms with Gasteiger partial charge in [-0.25, -0.2) is 4.98 Å². The van der Waals surface area contributed by atoms with Crippen molar-refractivity contribution in [2.75, 3.05) is 0 Å². The maximum absolute atomic E-state index is 4.78. The quantitative estimate of drug-likeness (QED) is 0.501.